The highest BCUT2D eigenvalue weighted by atomic mass is 32.2. The first-order valence-electron chi connectivity index (χ1n) is 11.1. The van der Waals surface area contributed by atoms with Gasteiger partial charge in [0.15, 0.2) is 0 Å². The molecule has 2 aromatic rings. The van der Waals surface area contributed by atoms with Gasteiger partial charge in [0.05, 0.1) is 10.9 Å². The van der Waals surface area contributed by atoms with Gasteiger partial charge in [0.2, 0.25) is 21.8 Å². The van der Waals surface area contributed by atoms with Crippen molar-refractivity contribution in [2.75, 3.05) is 19.6 Å². The Bertz CT molecular complexity index is 1060. The maximum absolute atomic E-state index is 12.9. The Morgan fingerprint density at radius 1 is 1.06 bits per heavy atom. The van der Waals surface area contributed by atoms with Gasteiger partial charge in [0.25, 0.3) is 0 Å². The zero-order chi connectivity index (χ0) is 24.0. The Kier molecular flexibility index (Phi) is 8.56. The molecule has 2 aromatic carbocycles. The molecule has 1 fully saturated rings. The molecular weight excluding hydrogens is 458 g/mol. The van der Waals surface area contributed by atoms with Gasteiger partial charge in [-0.25, -0.2) is 13.1 Å². The lowest BCUT2D eigenvalue weighted by Crippen LogP contribution is -2.41. The monoisotopic (exact) mass is 489 g/mol. The van der Waals surface area contributed by atoms with Crippen molar-refractivity contribution in [3.63, 3.8) is 0 Å². The van der Waals surface area contributed by atoms with Crippen molar-refractivity contribution in [2.24, 2.45) is 5.92 Å². The summed E-state index contributed by atoms with van der Waals surface area (Å²) in [5.74, 6) is -0.137. The molecule has 33 heavy (non-hydrogen) atoms. The number of nitrogens with one attached hydrogen (secondary N) is 2. The van der Waals surface area contributed by atoms with Crippen LogP contribution in [-0.2, 0) is 19.6 Å². The van der Waals surface area contributed by atoms with E-state index < -0.39 is 16.1 Å². The van der Waals surface area contributed by atoms with Gasteiger partial charge in [-0.1, -0.05) is 55.8 Å². The molecule has 7 nitrogen and oxygen atoms in total. The van der Waals surface area contributed by atoms with E-state index in [1.165, 1.54) is 6.92 Å². The molecule has 0 spiro atoms. The predicted molar refractivity (Wildman–Crippen MR) is 132 cm³/mol. The molecule has 0 radical (unpaired) electrons. The molecule has 1 heterocycles. The molecule has 1 aliphatic rings. The maximum Gasteiger partial charge on any atom is 0.240 e. The number of amides is 2. The van der Waals surface area contributed by atoms with E-state index in [0.29, 0.717) is 19.5 Å². The van der Waals surface area contributed by atoms with Gasteiger partial charge in [-0.15, -0.1) is 0 Å². The van der Waals surface area contributed by atoms with Crippen LogP contribution < -0.4 is 10.0 Å². The minimum absolute atomic E-state index is 0.0404. The van der Waals surface area contributed by atoms with E-state index in [1.54, 1.807) is 29.2 Å². The minimum Gasteiger partial charge on any atom is -0.356 e. The number of carbonyl (C=O) groups is 2. The molecule has 3 rings (SSSR count). The summed E-state index contributed by atoms with van der Waals surface area (Å²) >= 11 is 4.53. The van der Waals surface area contributed by atoms with Crippen LogP contribution in [0.25, 0.3) is 11.1 Å². The van der Waals surface area contributed by atoms with Gasteiger partial charge >= 0.3 is 0 Å². The van der Waals surface area contributed by atoms with Crippen molar-refractivity contribution in [3.05, 3.63) is 54.6 Å². The summed E-state index contributed by atoms with van der Waals surface area (Å²) in [6.07, 6.45) is 1.07. The summed E-state index contributed by atoms with van der Waals surface area (Å²) in [5.41, 5.74) is 1.95. The molecular formula is C24H31N3O4S2. The van der Waals surface area contributed by atoms with E-state index in [2.05, 4.69) is 22.7 Å². The summed E-state index contributed by atoms with van der Waals surface area (Å²) in [7, 11) is -3.75. The molecule has 3 atom stereocenters. The fourth-order valence-corrected chi connectivity index (χ4v) is 5.59. The summed E-state index contributed by atoms with van der Waals surface area (Å²) in [5, 5.41) is 2.45. The quantitative estimate of drug-likeness (QED) is 0.472. The summed E-state index contributed by atoms with van der Waals surface area (Å²) in [6.45, 7) is 4.52. The van der Waals surface area contributed by atoms with Crippen LogP contribution >= 0.6 is 12.6 Å². The van der Waals surface area contributed by atoms with Gasteiger partial charge < -0.3 is 10.2 Å². The fourth-order valence-electron chi connectivity index (χ4n) is 3.86. The maximum atomic E-state index is 12.9. The van der Waals surface area contributed by atoms with Crippen molar-refractivity contribution in [1.82, 2.24) is 14.9 Å². The van der Waals surface area contributed by atoms with Crippen LogP contribution in [0.3, 0.4) is 0 Å². The number of nitrogens with zero attached hydrogens (tertiary/aromatic N) is 1. The fraction of sp³-hybridized carbons (Fsp3) is 0.417. The lowest BCUT2D eigenvalue weighted by Gasteiger charge is -2.21. The van der Waals surface area contributed by atoms with Gasteiger partial charge in [0, 0.05) is 38.2 Å². The largest absolute Gasteiger partial charge is 0.356 e. The number of hydrogen-bond donors (Lipinski definition) is 3. The van der Waals surface area contributed by atoms with Crippen molar-refractivity contribution in [3.8, 4) is 11.1 Å². The number of thiol groups is 1. The summed E-state index contributed by atoms with van der Waals surface area (Å²) < 4.78 is 28.6. The first-order chi connectivity index (χ1) is 15.7. The number of benzene rings is 2. The second-order valence-corrected chi connectivity index (χ2v) is 10.8. The number of hydrogen-bond acceptors (Lipinski definition) is 5. The van der Waals surface area contributed by atoms with E-state index in [1.807, 2.05) is 37.3 Å². The van der Waals surface area contributed by atoms with Crippen LogP contribution in [0.1, 0.15) is 26.7 Å². The van der Waals surface area contributed by atoms with Crippen LogP contribution in [0.15, 0.2) is 59.5 Å². The number of rotatable bonds is 9. The van der Waals surface area contributed by atoms with Gasteiger partial charge in [0.1, 0.15) is 0 Å². The Balaban J connectivity index is 1.61. The third-order valence-electron chi connectivity index (χ3n) is 5.90. The Hall–Kier alpha value is -2.36. The minimum atomic E-state index is -3.75. The molecule has 0 aliphatic carbocycles. The molecule has 0 bridgehead atoms. The molecule has 0 aromatic heterocycles. The SMILES string of the molecule is CCC(CNC(C)=O)CC(=O)N1C[C@H](NS(=O)(=O)c2ccc(-c3ccccc3)cc2)[C@@H](S)C1. The number of sulfonamides is 1. The van der Waals surface area contributed by atoms with Gasteiger partial charge in [-0.05, 0) is 29.2 Å². The molecule has 178 valence electrons. The lowest BCUT2D eigenvalue weighted by atomic mass is 10.0. The predicted octanol–water partition coefficient (Wildman–Crippen LogP) is 2.69. The van der Waals surface area contributed by atoms with Crippen LogP contribution in [0, 0.1) is 5.92 Å². The van der Waals surface area contributed by atoms with E-state index >= 15 is 0 Å². The second-order valence-electron chi connectivity index (χ2n) is 8.40. The second kappa shape index (κ2) is 11.2. The Morgan fingerprint density at radius 2 is 1.70 bits per heavy atom. The number of carbonyl (C=O) groups excluding carboxylic acids is 2. The van der Waals surface area contributed by atoms with Crippen molar-refractivity contribution >= 4 is 34.5 Å². The zero-order valence-electron chi connectivity index (χ0n) is 18.9. The molecule has 1 unspecified atom stereocenters. The third kappa shape index (κ3) is 6.82. The van der Waals surface area contributed by atoms with Crippen molar-refractivity contribution in [1.29, 1.82) is 0 Å². The van der Waals surface area contributed by atoms with Crippen molar-refractivity contribution in [2.45, 2.75) is 42.9 Å². The average Bonchev–Trinajstić information content (AvgIpc) is 3.16. The third-order valence-corrected chi connectivity index (χ3v) is 7.93. The molecule has 1 saturated heterocycles. The summed E-state index contributed by atoms with van der Waals surface area (Å²) in [4.78, 5) is 25.7. The van der Waals surface area contributed by atoms with Crippen LogP contribution in [0.5, 0.6) is 0 Å². The highest BCUT2D eigenvalue weighted by Gasteiger charge is 2.36. The van der Waals surface area contributed by atoms with E-state index in [9.17, 15) is 18.0 Å². The highest BCUT2D eigenvalue weighted by Crippen LogP contribution is 2.23. The van der Waals surface area contributed by atoms with Gasteiger partial charge in [-0.2, -0.15) is 12.6 Å². The molecule has 0 saturated carbocycles. The van der Waals surface area contributed by atoms with Crippen LogP contribution in [0.2, 0.25) is 0 Å². The van der Waals surface area contributed by atoms with E-state index in [4.69, 9.17) is 0 Å². The van der Waals surface area contributed by atoms with Crippen LogP contribution in [0.4, 0.5) is 0 Å². The zero-order valence-corrected chi connectivity index (χ0v) is 20.6. The lowest BCUT2D eigenvalue weighted by molar-refractivity contribution is -0.131. The molecule has 9 heteroatoms. The van der Waals surface area contributed by atoms with Crippen LogP contribution in [-0.4, -0.2) is 56.1 Å². The molecule has 2 N–H and O–H groups in total. The van der Waals surface area contributed by atoms with E-state index in [-0.39, 0.29) is 34.4 Å². The topological polar surface area (TPSA) is 95.6 Å². The average molecular weight is 490 g/mol. The molecule has 1 aliphatic heterocycles. The Morgan fingerprint density at radius 3 is 2.30 bits per heavy atom. The Labute approximate surface area is 201 Å². The highest BCUT2D eigenvalue weighted by molar-refractivity contribution is 7.89. The standard InChI is InChI=1S/C24H31N3O4S2/c1-3-18(14-25-17(2)28)13-24(29)27-15-22(23(32)16-27)26-33(30,31)21-11-9-20(10-12-21)19-7-5-4-6-8-19/h4-12,18,22-23,26,32H,3,13-16H2,1-2H3,(H,25,28)/t18?,22-,23-/m0/s1. The van der Waals surface area contributed by atoms with E-state index in [0.717, 1.165) is 17.5 Å². The first kappa shape index (κ1) is 25.3. The normalized spacial score (nSPS) is 19.3. The first-order valence-corrected chi connectivity index (χ1v) is 13.1. The smallest absolute Gasteiger partial charge is 0.240 e. The summed E-state index contributed by atoms with van der Waals surface area (Å²) in [6, 6.07) is 16.0. The van der Waals surface area contributed by atoms with Crippen molar-refractivity contribution < 1.29 is 18.0 Å². The molecule has 2 amide bonds. The number of likely N-dealkylation sites (tertiary alicyclic amines) is 1. The van der Waals surface area contributed by atoms with Gasteiger partial charge in [-0.3, -0.25) is 9.59 Å².